The molecule has 0 spiro atoms. The highest BCUT2D eigenvalue weighted by Crippen LogP contribution is 2.20. The minimum absolute atomic E-state index is 0.0879. The molecule has 0 unspecified atom stereocenters. The molecule has 158 valence electrons. The SMILES string of the molecule is CN(C)S(=O)(=O)c1ccc(OCCNC(=O)COc2ccc3ccccc3c2)cc1. The predicted molar refractivity (Wildman–Crippen MR) is 115 cm³/mol. The Kier molecular flexibility index (Phi) is 6.91. The van der Waals surface area contributed by atoms with Crippen LogP contribution in [0.4, 0.5) is 0 Å². The molecule has 0 heterocycles. The highest BCUT2D eigenvalue weighted by Gasteiger charge is 2.16. The van der Waals surface area contributed by atoms with E-state index in [2.05, 4.69) is 5.32 Å². The lowest BCUT2D eigenvalue weighted by Crippen LogP contribution is -2.32. The molecule has 8 heteroatoms. The van der Waals surface area contributed by atoms with Gasteiger partial charge in [-0.15, -0.1) is 0 Å². The number of hydrogen-bond acceptors (Lipinski definition) is 5. The molecule has 7 nitrogen and oxygen atoms in total. The zero-order valence-corrected chi connectivity index (χ0v) is 17.7. The lowest BCUT2D eigenvalue weighted by molar-refractivity contribution is -0.123. The molecule has 3 rings (SSSR count). The molecule has 0 radical (unpaired) electrons. The number of hydrogen-bond donors (Lipinski definition) is 1. The van der Waals surface area contributed by atoms with E-state index in [1.165, 1.54) is 26.2 Å². The number of benzene rings is 3. The zero-order chi connectivity index (χ0) is 21.6. The average molecular weight is 429 g/mol. The first-order valence-electron chi connectivity index (χ1n) is 9.40. The molecule has 0 fully saturated rings. The maximum absolute atomic E-state index is 12.0. The van der Waals surface area contributed by atoms with Gasteiger partial charge in [0, 0.05) is 14.1 Å². The first-order chi connectivity index (χ1) is 14.4. The Balaban J connectivity index is 1.40. The minimum Gasteiger partial charge on any atom is -0.492 e. The predicted octanol–water partition coefficient (Wildman–Crippen LogP) is 2.66. The number of nitrogens with zero attached hydrogens (tertiary/aromatic N) is 1. The summed E-state index contributed by atoms with van der Waals surface area (Å²) in [6, 6.07) is 19.7. The van der Waals surface area contributed by atoms with Gasteiger partial charge >= 0.3 is 0 Å². The van der Waals surface area contributed by atoms with E-state index in [0.29, 0.717) is 18.0 Å². The van der Waals surface area contributed by atoms with Crippen molar-refractivity contribution in [3.63, 3.8) is 0 Å². The fraction of sp³-hybridized carbons (Fsp3) is 0.227. The van der Waals surface area contributed by atoms with Gasteiger partial charge in [-0.3, -0.25) is 4.79 Å². The Morgan fingerprint density at radius 2 is 1.57 bits per heavy atom. The van der Waals surface area contributed by atoms with Crippen LogP contribution in [0, 0.1) is 0 Å². The summed E-state index contributed by atoms with van der Waals surface area (Å²) in [5.41, 5.74) is 0. The summed E-state index contributed by atoms with van der Waals surface area (Å²) in [6.45, 7) is 0.467. The molecule has 0 aliphatic heterocycles. The monoisotopic (exact) mass is 428 g/mol. The van der Waals surface area contributed by atoms with Crippen molar-refractivity contribution in [2.45, 2.75) is 4.90 Å². The van der Waals surface area contributed by atoms with E-state index in [1.807, 2.05) is 42.5 Å². The molecule has 1 amide bonds. The van der Waals surface area contributed by atoms with Gasteiger partial charge in [0.05, 0.1) is 11.4 Å². The van der Waals surface area contributed by atoms with Crippen molar-refractivity contribution in [3.8, 4) is 11.5 Å². The Bertz CT molecular complexity index is 1110. The summed E-state index contributed by atoms with van der Waals surface area (Å²) in [6.07, 6.45) is 0. The largest absolute Gasteiger partial charge is 0.492 e. The molecule has 0 aliphatic rings. The van der Waals surface area contributed by atoms with Gasteiger partial charge in [-0.25, -0.2) is 12.7 Å². The van der Waals surface area contributed by atoms with Crippen molar-refractivity contribution in [1.29, 1.82) is 0 Å². The third-order valence-electron chi connectivity index (χ3n) is 4.39. The number of rotatable bonds is 9. The lowest BCUT2D eigenvalue weighted by Gasteiger charge is -2.12. The molecule has 0 bridgehead atoms. The van der Waals surface area contributed by atoms with Crippen molar-refractivity contribution >= 4 is 26.7 Å². The van der Waals surface area contributed by atoms with E-state index >= 15 is 0 Å². The van der Waals surface area contributed by atoms with Crippen LogP contribution in [0.1, 0.15) is 0 Å². The highest BCUT2D eigenvalue weighted by molar-refractivity contribution is 7.89. The van der Waals surface area contributed by atoms with Crippen molar-refractivity contribution in [1.82, 2.24) is 9.62 Å². The number of amides is 1. The van der Waals surface area contributed by atoms with Gasteiger partial charge in [-0.05, 0) is 47.2 Å². The number of ether oxygens (including phenoxy) is 2. The van der Waals surface area contributed by atoms with Crippen LogP contribution >= 0.6 is 0 Å². The van der Waals surface area contributed by atoms with Gasteiger partial charge in [0.2, 0.25) is 10.0 Å². The van der Waals surface area contributed by atoms with Crippen molar-refractivity contribution in [2.24, 2.45) is 0 Å². The molecular weight excluding hydrogens is 404 g/mol. The number of sulfonamides is 1. The van der Waals surface area contributed by atoms with E-state index in [0.717, 1.165) is 15.1 Å². The summed E-state index contributed by atoms with van der Waals surface area (Å²) in [4.78, 5) is 12.1. The Morgan fingerprint density at radius 1 is 0.900 bits per heavy atom. The van der Waals surface area contributed by atoms with Crippen LogP contribution in [0.25, 0.3) is 10.8 Å². The van der Waals surface area contributed by atoms with E-state index in [9.17, 15) is 13.2 Å². The number of fused-ring (bicyclic) bond motifs is 1. The summed E-state index contributed by atoms with van der Waals surface area (Å²) in [5.74, 6) is 0.904. The third-order valence-corrected chi connectivity index (χ3v) is 6.22. The summed E-state index contributed by atoms with van der Waals surface area (Å²) >= 11 is 0. The Labute approximate surface area is 176 Å². The molecule has 0 saturated heterocycles. The van der Waals surface area contributed by atoms with Gasteiger partial charge in [-0.2, -0.15) is 0 Å². The van der Waals surface area contributed by atoms with Gasteiger partial charge in [0.25, 0.3) is 5.91 Å². The molecule has 0 aliphatic carbocycles. The van der Waals surface area contributed by atoms with E-state index < -0.39 is 10.0 Å². The molecule has 3 aromatic carbocycles. The van der Waals surface area contributed by atoms with Gasteiger partial charge in [0.15, 0.2) is 6.61 Å². The van der Waals surface area contributed by atoms with Crippen LogP contribution in [0.5, 0.6) is 11.5 Å². The van der Waals surface area contributed by atoms with Crippen molar-refractivity contribution in [2.75, 3.05) is 33.9 Å². The van der Waals surface area contributed by atoms with Crippen molar-refractivity contribution < 1.29 is 22.7 Å². The molecule has 0 aromatic heterocycles. The van der Waals surface area contributed by atoms with Crippen LogP contribution in [-0.4, -0.2) is 52.5 Å². The second kappa shape index (κ2) is 9.60. The number of carbonyl (C=O) groups is 1. The fourth-order valence-electron chi connectivity index (χ4n) is 2.74. The smallest absolute Gasteiger partial charge is 0.258 e. The molecule has 3 aromatic rings. The average Bonchev–Trinajstić information content (AvgIpc) is 2.75. The second-order valence-electron chi connectivity index (χ2n) is 6.75. The first-order valence-corrected chi connectivity index (χ1v) is 10.8. The lowest BCUT2D eigenvalue weighted by atomic mass is 10.1. The first kappa shape index (κ1) is 21.6. The van der Waals surface area contributed by atoms with Crippen molar-refractivity contribution in [3.05, 3.63) is 66.7 Å². The maximum Gasteiger partial charge on any atom is 0.258 e. The molecule has 0 atom stereocenters. The summed E-state index contributed by atoms with van der Waals surface area (Å²) in [5, 5.41) is 4.88. The van der Waals surface area contributed by atoms with Gasteiger partial charge in [0.1, 0.15) is 18.1 Å². The summed E-state index contributed by atoms with van der Waals surface area (Å²) < 4.78 is 36.3. The Morgan fingerprint density at radius 3 is 2.27 bits per heavy atom. The summed E-state index contributed by atoms with van der Waals surface area (Å²) in [7, 11) is -0.508. The molecule has 30 heavy (non-hydrogen) atoms. The highest BCUT2D eigenvalue weighted by atomic mass is 32.2. The third kappa shape index (κ3) is 5.49. The molecule has 1 N–H and O–H groups in total. The Hall–Kier alpha value is -3.10. The van der Waals surface area contributed by atoms with Crippen LogP contribution in [0.3, 0.4) is 0 Å². The van der Waals surface area contributed by atoms with Crippen LogP contribution < -0.4 is 14.8 Å². The van der Waals surface area contributed by atoms with Crippen LogP contribution in [0.15, 0.2) is 71.6 Å². The van der Waals surface area contributed by atoms with Gasteiger partial charge in [-0.1, -0.05) is 30.3 Å². The normalized spacial score (nSPS) is 11.4. The van der Waals surface area contributed by atoms with E-state index in [1.54, 1.807) is 12.1 Å². The molecule has 0 saturated carbocycles. The standard InChI is InChI=1S/C22H24N2O5S/c1-24(2)30(26,27)21-11-9-19(10-12-21)28-14-13-23-22(25)16-29-20-8-7-17-5-3-4-6-18(17)15-20/h3-12,15H,13-14,16H2,1-2H3,(H,23,25). The number of carbonyl (C=O) groups excluding carboxylic acids is 1. The topological polar surface area (TPSA) is 84.9 Å². The van der Waals surface area contributed by atoms with Crippen LogP contribution in [0.2, 0.25) is 0 Å². The maximum atomic E-state index is 12.0. The molecular formula is C22H24N2O5S. The van der Waals surface area contributed by atoms with Gasteiger partial charge < -0.3 is 14.8 Å². The minimum atomic E-state index is -3.46. The zero-order valence-electron chi connectivity index (χ0n) is 16.9. The quantitative estimate of drug-likeness (QED) is 0.530. The van der Waals surface area contributed by atoms with Crippen LogP contribution in [-0.2, 0) is 14.8 Å². The fourth-order valence-corrected chi connectivity index (χ4v) is 3.64. The number of nitrogens with one attached hydrogen (secondary N) is 1. The van der Waals surface area contributed by atoms with E-state index in [-0.39, 0.29) is 24.0 Å². The second-order valence-corrected chi connectivity index (χ2v) is 8.91. The van der Waals surface area contributed by atoms with E-state index in [4.69, 9.17) is 9.47 Å².